The molecule has 1 rings (SSSR count). The van der Waals surface area contributed by atoms with Crippen molar-refractivity contribution in [1.29, 1.82) is 0 Å². The standard InChI is InChI=1S/C17H24FNO4/c1-11(2)8-13(17(21)22)10-19-16(20)7-5-12-4-6-15(23-3)14(18)9-12/h4,6,9,11,13H,5,7-8,10H2,1-3H3,(H,19,20)(H,21,22). The van der Waals surface area contributed by atoms with Gasteiger partial charge in [0, 0.05) is 13.0 Å². The molecule has 1 atom stereocenters. The molecule has 2 N–H and O–H groups in total. The van der Waals surface area contributed by atoms with Crippen molar-refractivity contribution in [2.24, 2.45) is 11.8 Å². The average Bonchev–Trinajstić information content (AvgIpc) is 2.48. The molecule has 0 bridgehead atoms. The number of nitrogens with one attached hydrogen (secondary N) is 1. The highest BCUT2D eigenvalue weighted by atomic mass is 19.1. The summed E-state index contributed by atoms with van der Waals surface area (Å²) in [5.41, 5.74) is 0.690. The molecule has 1 unspecified atom stereocenters. The van der Waals surface area contributed by atoms with Gasteiger partial charge in [0.05, 0.1) is 13.0 Å². The largest absolute Gasteiger partial charge is 0.494 e. The molecule has 1 amide bonds. The number of carbonyl (C=O) groups is 2. The average molecular weight is 325 g/mol. The van der Waals surface area contributed by atoms with E-state index >= 15 is 0 Å². The highest BCUT2D eigenvalue weighted by Crippen LogP contribution is 2.18. The van der Waals surface area contributed by atoms with Crippen LogP contribution in [0.1, 0.15) is 32.3 Å². The monoisotopic (exact) mass is 325 g/mol. The van der Waals surface area contributed by atoms with Gasteiger partial charge in [-0.2, -0.15) is 0 Å². The minimum absolute atomic E-state index is 0.114. The van der Waals surface area contributed by atoms with Crippen molar-refractivity contribution in [3.05, 3.63) is 29.6 Å². The summed E-state index contributed by atoms with van der Waals surface area (Å²) in [5, 5.41) is 11.8. The van der Waals surface area contributed by atoms with Gasteiger partial charge in [-0.25, -0.2) is 4.39 Å². The van der Waals surface area contributed by atoms with Crippen molar-refractivity contribution in [2.75, 3.05) is 13.7 Å². The number of carboxylic acid groups (broad SMARTS) is 1. The molecule has 0 spiro atoms. The fourth-order valence-electron chi connectivity index (χ4n) is 2.29. The third kappa shape index (κ3) is 6.67. The quantitative estimate of drug-likeness (QED) is 0.732. The van der Waals surface area contributed by atoms with E-state index in [1.807, 2.05) is 13.8 Å². The number of carboxylic acids is 1. The predicted octanol–water partition coefficient (Wildman–Crippen LogP) is 2.63. The zero-order valence-electron chi connectivity index (χ0n) is 13.8. The molecule has 0 aliphatic heterocycles. The number of benzene rings is 1. The summed E-state index contributed by atoms with van der Waals surface area (Å²) in [6.07, 6.45) is 1.08. The first-order chi connectivity index (χ1) is 10.8. The fourth-order valence-corrected chi connectivity index (χ4v) is 2.29. The molecule has 0 saturated carbocycles. The van der Waals surface area contributed by atoms with Crippen molar-refractivity contribution in [3.8, 4) is 5.75 Å². The van der Waals surface area contributed by atoms with Gasteiger partial charge < -0.3 is 15.2 Å². The van der Waals surface area contributed by atoms with E-state index in [4.69, 9.17) is 9.84 Å². The SMILES string of the molecule is COc1ccc(CCC(=O)NCC(CC(C)C)C(=O)O)cc1F. The smallest absolute Gasteiger partial charge is 0.308 e. The molecule has 23 heavy (non-hydrogen) atoms. The van der Waals surface area contributed by atoms with Crippen LogP contribution >= 0.6 is 0 Å². The third-order valence-corrected chi connectivity index (χ3v) is 3.51. The van der Waals surface area contributed by atoms with Gasteiger partial charge in [0.1, 0.15) is 0 Å². The molecule has 0 aliphatic carbocycles. The molecule has 0 aromatic heterocycles. The molecule has 5 nitrogen and oxygen atoms in total. The lowest BCUT2D eigenvalue weighted by Crippen LogP contribution is -2.33. The number of rotatable bonds is 9. The van der Waals surface area contributed by atoms with Crippen LogP contribution in [0.2, 0.25) is 0 Å². The Labute approximate surface area is 135 Å². The molecular weight excluding hydrogens is 301 g/mol. The molecule has 6 heteroatoms. The van der Waals surface area contributed by atoms with Gasteiger partial charge in [-0.1, -0.05) is 19.9 Å². The van der Waals surface area contributed by atoms with E-state index in [-0.39, 0.29) is 30.5 Å². The Bertz CT molecular complexity index is 545. The maximum absolute atomic E-state index is 13.5. The van der Waals surface area contributed by atoms with E-state index in [0.29, 0.717) is 18.4 Å². The van der Waals surface area contributed by atoms with Gasteiger partial charge in [-0.15, -0.1) is 0 Å². The molecule has 0 saturated heterocycles. The topological polar surface area (TPSA) is 75.6 Å². The van der Waals surface area contributed by atoms with Gasteiger partial charge in [0.2, 0.25) is 5.91 Å². The van der Waals surface area contributed by atoms with E-state index in [2.05, 4.69) is 5.32 Å². The van der Waals surface area contributed by atoms with E-state index in [1.54, 1.807) is 6.07 Å². The predicted molar refractivity (Wildman–Crippen MR) is 84.9 cm³/mol. The first kappa shape index (κ1) is 18.9. The normalized spacial score (nSPS) is 12.0. The number of methoxy groups -OCH3 is 1. The second-order valence-corrected chi connectivity index (χ2v) is 5.94. The van der Waals surface area contributed by atoms with E-state index < -0.39 is 17.7 Å². The van der Waals surface area contributed by atoms with Crippen LogP contribution in [-0.4, -0.2) is 30.6 Å². The Morgan fingerprint density at radius 3 is 2.57 bits per heavy atom. The molecule has 0 fully saturated rings. The Kier molecular flexibility index (Phi) is 7.51. The summed E-state index contributed by atoms with van der Waals surface area (Å²) < 4.78 is 18.4. The van der Waals surface area contributed by atoms with Gasteiger partial charge >= 0.3 is 5.97 Å². The minimum atomic E-state index is -0.906. The van der Waals surface area contributed by atoms with Crippen LogP contribution in [0.25, 0.3) is 0 Å². The van der Waals surface area contributed by atoms with Crippen LogP contribution in [-0.2, 0) is 16.0 Å². The van der Waals surface area contributed by atoms with Crippen molar-refractivity contribution in [1.82, 2.24) is 5.32 Å². The van der Waals surface area contributed by atoms with Crippen molar-refractivity contribution >= 4 is 11.9 Å². The summed E-state index contributed by atoms with van der Waals surface area (Å²) in [6, 6.07) is 4.56. The molecule has 0 heterocycles. The third-order valence-electron chi connectivity index (χ3n) is 3.51. The molecule has 0 radical (unpaired) electrons. The van der Waals surface area contributed by atoms with Crippen molar-refractivity contribution in [2.45, 2.75) is 33.1 Å². The van der Waals surface area contributed by atoms with Crippen molar-refractivity contribution < 1.29 is 23.8 Å². The number of aliphatic carboxylic acids is 1. The van der Waals surface area contributed by atoms with Crippen LogP contribution in [0.5, 0.6) is 5.75 Å². The lowest BCUT2D eigenvalue weighted by atomic mass is 9.97. The Morgan fingerprint density at radius 1 is 1.35 bits per heavy atom. The number of aryl methyl sites for hydroxylation is 1. The van der Waals surface area contributed by atoms with Gasteiger partial charge in [0.25, 0.3) is 0 Å². The van der Waals surface area contributed by atoms with Crippen LogP contribution in [0.4, 0.5) is 4.39 Å². The fraction of sp³-hybridized carbons (Fsp3) is 0.529. The highest BCUT2D eigenvalue weighted by Gasteiger charge is 2.19. The summed E-state index contributed by atoms with van der Waals surface area (Å²) in [6.45, 7) is 4.00. The molecule has 1 aromatic rings. The van der Waals surface area contributed by atoms with Crippen LogP contribution in [0.15, 0.2) is 18.2 Å². The minimum Gasteiger partial charge on any atom is -0.494 e. The van der Waals surface area contributed by atoms with Crippen molar-refractivity contribution in [3.63, 3.8) is 0 Å². The molecule has 128 valence electrons. The van der Waals surface area contributed by atoms with E-state index in [0.717, 1.165) is 0 Å². The Hall–Kier alpha value is -2.11. The zero-order valence-corrected chi connectivity index (χ0v) is 13.8. The molecule has 0 aliphatic rings. The summed E-state index contributed by atoms with van der Waals surface area (Å²) in [7, 11) is 1.39. The summed E-state index contributed by atoms with van der Waals surface area (Å²) >= 11 is 0. The van der Waals surface area contributed by atoms with Gasteiger partial charge in [-0.05, 0) is 36.5 Å². The lowest BCUT2D eigenvalue weighted by molar-refractivity contribution is -0.142. The number of carbonyl (C=O) groups excluding carboxylic acids is 1. The van der Waals surface area contributed by atoms with Crippen LogP contribution in [0, 0.1) is 17.7 Å². The van der Waals surface area contributed by atoms with E-state index in [9.17, 15) is 14.0 Å². The number of amides is 1. The Balaban J connectivity index is 2.44. The van der Waals surface area contributed by atoms with E-state index in [1.165, 1.54) is 19.2 Å². The lowest BCUT2D eigenvalue weighted by Gasteiger charge is -2.15. The number of hydrogen-bond acceptors (Lipinski definition) is 3. The maximum atomic E-state index is 13.5. The zero-order chi connectivity index (χ0) is 17.4. The summed E-state index contributed by atoms with van der Waals surface area (Å²) in [4.78, 5) is 22.9. The first-order valence-corrected chi connectivity index (χ1v) is 7.65. The van der Waals surface area contributed by atoms with Gasteiger partial charge in [-0.3, -0.25) is 9.59 Å². The molecular formula is C17H24FNO4. The van der Waals surface area contributed by atoms with Crippen LogP contribution < -0.4 is 10.1 Å². The van der Waals surface area contributed by atoms with Crippen LogP contribution in [0.3, 0.4) is 0 Å². The number of ether oxygens (including phenoxy) is 1. The molecule has 1 aromatic carbocycles. The second kappa shape index (κ2) is 9.12. The first-order valence-electron chi connectivity index (χ1n) is 7.65. The highest BCUT2D eigenvalue weighted by molar-refractivity contribution is 5.77. The number of halogens is 1. The summed E-state index contributed by atoms with van der Waals surface area (Å²) in [5.74, 6) is -1.79. The Morgan fingerprint density at radius 2 is 2.04 bits per heavy atom. The van der Waals surface area contributed by atoms with Gasteiger partial charge in [0.15, 0.2) is 11.6 Å². The second-order valence-electron chi connectivity index (χ2n) is 5.94. The number of hydrogen-bond donors (Lipinski definition) is 2. The maximum Gasteiger partial charge on any atom is 0.308 e.